The first kappa shape index (κ1) is 31.8. The van der Waals surface area contributed by atoms with E-state index in [1.165, 1.54) is 26.9 Å². The van der Waals surface area contributed by atoms with E-state index in [0.29, 0.717) is 17.5 Å². The van der Waals surface area contributed by atoms with E-state index in [4.69, 9.17) is 29.9 Å². The minimum atomic E-state index is 0.571. The van der Waals surface area contributed by atoms with Gasteiger partial charge in [-0.05, 0) is 98.0 Å². The van der Waals surface area contributed by atoms with E-state index in [1.54, 1.807) is 0 Å². The van der Waals surface area contributed by atoms with E-state index in [1.807, 2.05) is 79.3 Å². The lowest BCUT2D eigenvalue weighted by molar-refractivity contribution is 1.07. The van der Waals surface area contributed by atoms with Crippen LogP contribution < -0.4 is 0 Å². The van der Waals surface area contributed by atoms with Crippen molar-refractivity contribution in [2.24, 2.45) is 0 Å². The van der Waals surface area contributed by atoms with Gasteiger partial charge in [0, 0.05) is 51.6 Å². The molecule has 0 N–H and O–H groups in total. The fourth-order valence-electron chi connectivity index (χ4n) is 8.01. The van der Waals surface area contributed by atoms with Crippen LogP contribution in [0.3, 0.4) is 0 Å². The molecule has 0 spiro atoms. The topological polar surface area (TPSA) is 77.3 Å². The van der Waals surface area contributed by atoms with Gasteiger partial charge in [-0.2, -0.15) is 0 Å². The lowest BCUT2D eigenvalue weighted by atomic mass is 9.93. The first-order valence-electron chi connectivity index (χ1n) is 18.6. The van der Waals surface area contributed by atoms with Gasteiger partial charge in [-0.3, -0.25) is 15.0 Å². The molecule has 260 valence electrons. The smallest absolute Gasteiger partial charge is 0.164 e. The summed E-state index contributed by atoms with van der Waals surface area (Å²) in [6, 6.07) is 56.7. The van der Waals surface area contributed by atoms with E-state index >= 15 is 0 Å². The van der Waals surface area contributed by atoms with Crippen LogP contribution in [0, 0.1) is 0 Å². The minimum Gasteiger partial charge on any atom is -0.256 e. The number of nitrogens with zero attached hydrogens (tertiary/aromatic N) is 6. The Morgan fingerprint density at radius 2 is 0.839 bits per heavy atom. The summed E-state index contributed by atoms with van der Waals surface area (Å²) in [6.45, 7) is 0. The Morgan fingerprint density at radius 1 is 0.286 bits per heavy atom. The molecule has 11 aromatic rings. The molecule has 0 aliphatic rings. The highest BCUT2D eigenvalue weighted by Gasteiger charge is 2.18. The molecule has 0 aliphatic carbocycles. The molecule has 4 aromatic heterocycles. The van der Waals surface area contributed by atoms with Crippen LogP contribution in [0.4, 0.5) is 0 Å². The van der Waals surface area contributed by atoms with Crippen LogP contribution in [0.5, 0.6) is 0 Å². The molecule has 0 saturated carbocycles. The monoisotopic (exact) mass is 714 g/mol. The number of benzene rings is 7. The van der Waals surface area contributed by atoms with Crippen molar-refractivity contribution in [3.05, 3.63) is 182 Å². The van der Waals surface area contributed by atoms with Crippen LogP contribution in [-0.2, 0) is 0 Å². The van der Waals surface area contributed by atoms with E-state index in [9.17, 15) is 0 Å². The summed E-state index contributed by atoms with van der Waals surface area (Å²) in [7, 11) is 0. The van der Waals surface area contributed by atoms with Crippen molar-refractivity contribution in [2.45, 2.75) is 0 Å². The standard InChI is InChI=1S/C50H30N6/c1-2-12-31(13-3-1)48-54-49(33-21-22-41-39-17-5-4-15-37(39)38-16-6-7-18-40(38)44(41)30-33)56-50(55-48)36-27-34(26-35(28-36)45-20-8-9-23-51-45)43-29-32-14-10-24-52-46(32)47-42(43)19-11-25-53-47/h1-30H. The van der Waals surface area contributed by atoms with Crippen LogP contribution >= 0.6 is 0 Å². The van der Waals surface area contributed by atoms with Crippen LogP contribution in [0.1, 0.15) is 0 Å². The summed E-state index contributed by atoms with van der Waals surface area (Å²) < 4.78 is 0. The number of rotatable bonds is 5. The van der Waals surface area contributed by atoms with E-state index < -0.39 is 0 Å². The highest BCUT2D eigenvalue weighted by molar-refractivity contribution is 6.25. The van der Waals surface area contributed by atoms with Gasteiger partial charge in [0.25, 0.3) is 0 Å². The SMILES string of the molecule is c1ccc(-c2nc(-c3cc(-c4ccccn4)cc(-c4cc5cccnc5c5ncccc45)c3)nc(-c3ccc4c5ccccc5c5ccccc5c4c3)n2)cc1. The molecule has 56 heavy (non-hydrogen) atoms. The summed E-state index contributed by atoms with van der Waals surface area (Å²) in [5, 5.41) is 9.27. The second-order valence-electron chi connectivity index (χ2n) is 13.9. The van der Waals surface area contributed by atoms with Gasteiger partial charge >= 0.3 is 0 Å². The second-order valence-corrected chi connectivity index (χ2v) is 13.9. The van der Waals surface area contributed by atoms with Crippen molar-refractivity contribution in [1.29, 1.82) is 0 Å². The maximum Gasteiger partial charge on any atom is 0.164 e. The molecule has 0 saturated heterocycles. The Hall–Kier alpha value is -7.70. The fraction of sp³-hybridized carbons (Fsp3) is 0. The molecular formula is C50H30N6. The molecule has 6 heteroatoms. The first-order chi connectivity index (χ1) is 27.7. The number of hydrogen-bond acceptors (Lipinski definition) is 6. The zero-order valence-corrected chi connectivity index (χ0v) is 30.0. The van der Waals surface area contributed by atoms with Crippen molar-refractivity contribution in [1.82, 2.24) is 29.9 Å². The Bertz CT molecular complexity index is 3270. The summed E-state index contributed by atoms with van der Waals surface area (Å²) >= 11 is 0. The van der Waals surface area contributed by atoms with E-state index in [0.717, 1.165) is 66.3 Å². The lowest BCUT2D eigenvalue weighted by Crippen LogP contribution is -2.01. The van der Waals surface area contributed by atoms with Crippen LogP contribution in [-0.4, -0.2) is 29.9 Å². The number of pyridine rings is 3. The molecule has 0 radical (unpaired) electrons. The highest BCUT2D eigenvalue weighted by atomic mass is 15.0. The van der Waals surface area contributed by atoms with Gasteiger partial charge < -0.3 is 0 Å². The number of aromatic nitrogens is 6. The third-order valence-corrected chi connectivity index (χ3v) is 10.6. The second kappa shape index (κ2) is 13.0. The zero-order chi connectivity index (χ0) is 37.0. The molecule has 0 amide bonds. The average Bonchev–Trinajstić information content (AvgIpc) is 3.29. The first-order valence-corrected chi connectivity index (χ1v) is 18.6. The molecule has 0 unspecified atom stereocenters. The number of fused-ring (bicyclic) bond motifs is 9. The summed E-state index contributed by atoms with van der Waals surface area (Å²) in [4.78, 5) is 29.8. The molecule has 0 fully saturated rings. The summed E-state index contributed by atoms with van der Waals surface area (Å²) in [5.41, 5.74) is 8.26. The molecular weight excluding hydrogens is 685 g/mol. The molecule has 0 atom stereocenters. The van der Waals surface area contributed by atoms with Gasteiger partial charge in [-0.15, -0.1) is 0 Å². The van der Waals surface area contributed by atoms with Gasteiger partial charge in [0.15, 0.2) is 17.5 Å². The van der Waals surface area contributed by atoms with Crippen molar-refractivity contribution in [2.75, 3.05) is 0 Å². The van der Waals surface area contributed by atoms with E-state index in [2.05, 4.69) is 103 Å². The van der Waals surface area contributed by atoms with Gasteiger partial charge in [0.1, 0.15) is 0 Å². The fourth-order valence-corrected chi connectivity index (χ4v) is 8.01. The molecule has 0 bridgehead atoms. The average molecular weight is 715 g/mol. The number of hydrogen-bond donors (Lipinski definition) is 0. The zero-order valence-electron chi connectivity index (χ0n) is 30.0. The van der Waals surface area contributed by atoms with Gasteiger partial charge in [-0.1, -0.05) is 109 Å². The minimum absolute atomic E-state index is 0.571. The van der Waals surface area contributed by atoms with Gasteiger partial charge in [-0.25, -0.2) is 15.0 Å². The lowest BCUT2D eigenvalue weighted by Gasteiger charge is -2.14. The molecule has 0 aliphatic heterocycles. The highest BCUT2D eigenvalue weighted by Crippen LogP contribution is 2.39. The largest absolute Gasteiger partial charge is 0.256 e. The molecule has 4 heterocycles. The van der Waals surface area contributed by atoms with Crippen LogP contribution in [0.2, 0.25) is 0 Å². The molecule has 7 aromatic carbocycles. The third kappa shape index (κ3) is 5.35. The Morgan fingerprint density at radius 3 is 1.57 bits per heavy atom. The molecule has 6 nitrogen and oxygen atoms in total. The van der Waals surface area contributed by atoms with E-state index in [-0.39, 0.29) is 0 Å². The Kier molecular flexibility index (Phi) is 7.38. The Balaban J connectivity index is 1.17. The Labute approximate surface area is 321 Å². The van der Waals surface area contributed by atoms with Crippen molar-refractivity contribution in [3.8, 4) is 56.5 Å². The van der Waals surface area contributed by atoms with Crippen molar-refractivity contribution >= 4 is 54.1 Å². The van der Waals surface area contributed by atoms with Gasteiger partial charge in [0.2, 0.25) is 0 Å². The molecule has 11 rings (SSSR count). The maximum absolute atomic E-state index is 5.27. The maximum atomic E-state index is 5.27. The quantitative estimate of drug-likeness (QED) is 0.165. The summed E-state index contributed by atoms with van der Waals surface area (Å²) in [6.07, 6.45) is 5.47. The predicted molar refractivity (Wildman–Crippen MR) is 228 cm³/mol. The van der Waals surface area contributed by atoms with Crippen molar-refractivity contribution < 1.29 is 0 Å². The normalized spacial score (nSPS) is 11.6. The predicted octanol–water partition coefficient (Wildman–Crippen LogP) is 12.2. The third-order valence-electron chi connectivity index (χ3n) is 10.6. The van der Waals surface area contributed by atoms with Crippen LogP contribution in [0.25, 0.3) is 111 Å². The van der Waals surface area contributed by atoms with Gasteiger partial charge in [0.05, 0.1) is 16.7 Å². The van der Waals surface area contributed by atoms with Crippen molar-refractivity contribution in [3.63, 3.8) is 0 Å². The van der Waals surface area contributed by atoms with Crippen LogP contribution in [0.15, 0.2) is 182 Å². The summed E-state index contributed by atoms with van der Waals surface area (Å²) in [5.74, 6) is 1.77.